The van der Waals surface area contributed by atoms with Crippen molar-refractivity contribution in [3.8, 4) is 11.5 Å². The summed E-state index contributed by atoms with van der Waals surface area (Å²) in [7, 11) is 0. The van der Waals surface area contributed by atoms with Crippen LogP contribution in [0.25, 0.3) is 0 Å². The Balaban J connectivity index is 2.23. The molecule has 0 radical (unpaired) electrons. The summed E-state index contributed by atoms with van der Waals surface area (Å²) in [6.45, 7) is 18.9. The van der Waals surface area contributed by atoms with E-state index < -0.39 is 0 Å². The minimum absolute atomic E-state index is 0.113. The molecule has 0 saturated heterocycles. The number of phenols is 1. The van der Waals surface area contributed by atoms with Crippen molar-refractivity contribution in [3.63, 3.8) is 0 Å². The van der Waals surface area contributed by atoms with Crippen molar-refractivity contribution in [2.24, 2.45) is 0 Å². The van der Waals surface area contributed by atoms with Crippen molar-refractivity contribution in [3.05, 3.63) is 57.6 Å². The number of esters is 1. The van der Waals surface area contributed by atoms with E-state index in [2.05, 4.69) is 60.6 Å². The second kappa shape index (κ2) is 10.1. The van der Waals surface area contributed by atoms with Gasteiger partial charge in [-0.15, -0.1) is 0 Å². The molecule has 0 unspecified atom stereocenters. The summed E-state index contributed by atoms with van der Waals surface area (Å²) in [6, 6.07) is 8.35. The van der Waals surface area contributed by atoms with Crippen molar-refractivity contribution in [2.45, 2.75) is 105 Å². The van der Waals surface area contributed by atoms with Crippen molar-refractivity contribution in [1.82, 2.24) is 0 Å². The largest absolute Gasteiger partial charge is 0.507 e. The van der Waals surface area contributed by atoms with E-state index in [0.717, 1.165) is 47.1 Å². The molecule has 2 aromatic carbocycles. The highest BCUT2D eigenvalue weighted by molar-refractivity contribution is 5.74. The zero-order valence-corrected chi connectivity index (χ0v) is 21.6. The van der Waals surface area contributed by atoms with Crippen LogP contribution < -0.4 is 4.74 Å². The molecule has 0 aliphatic heterocycles. The van der Waals surface area contributed by atoms with Crippen LogP contribution >= 0.6 is 0 Å². The monoisotopic (exact) mass is 438 g/mol. The zero-order chi connectivity index (χ0) is 24.3. The van der Waals surface area contributed by atoms with Crippen LogP contribution in [0, 0.1) is 13.8 Å². The first-order valence-corrected chi connectivity index (χ1v) is 11.9. The Labute approximate surface area is 195 Å². The van der Waals surface area contributed by atoms with Gasteiger partial charge in [0.2, 0.25) is 0 Å². The molecule has 0 atom stereocenters. The summed E-state index contributed by atoms with van der Waals surface area (Å²) >= 11 is 0. The van der Waals surface area contributed by atoms with Crippen molar-refractivity contribution >= 4 is 5.97 Å². The molecule has 0 saturated carbocycles. The maximum absolute atomic E-state index is 12.8. The molecule has 0 bridgehead atoms. The summed E-state index contributed by atoms with van der Waals surface area (Å²) in [6.07, 6.45) is 4.25. The van der Waals surface area contributed by atoms with Gasteiger partial charge >= 0.3 is 5.97 Å². The van der Waals surface area contributed by atoms with E-state index in [1.807, 2.05) is 26.0 Å². The third-order valence-electron chi connectivity index (χ3n) is 5.96. The molecule has 3 nitrogen and oxygen atoms in total. The van der Waals surface area contributed by atoms with E-state index in [0.29, 0.717) is 24.3 Å². The quantitative estimate of drug-likeness (QED) is 0.360. The Morgan fingerprint density at radius 3 is 1.94 bits per heavy atom. The number of ether oxygens (including phenoxy) is 1. The molecule has 2 rings (SSSR count). The summed E-state index contributed by atoms with van der Waals surface area (Å²) in [5.74, 6) is 0.834. The number of phenolic OH excluding ortho intramolecular Hbond substituents is 1. The molecule has 1 N–H and O–H groups in total. The van der Waals surface area contributed by atoms with Crippen molar-refractivity contribution in [1.29, 1.82) is 0 Å². The molecule has 0 heterocycles. The van der Waals surface area contributed by atoms with Crippen LogP contribution in [0.4, 0.5) is 0 Å². The van der Waals surface area contributed by atoms with Gasteiger partial charge in [-0.3, -0.25) is 4.79 Å². The fourth-order valence-electron chi connectivity index (χ4n) is 4.05. The first-order chi connectivity index (χ1) is 14.7. The second-order valence-electron chi connectivity index (χ2n) is 11.2. The average Bonchev–Trinajstić information content (AvgIpc) is 2.67. The van der Waals surface area contributed by atoms with E-state index in [4.69, 9.17) is 4.74 Å². The standard InChI is InChI=1S/C29H42O3/c1-10-11-12-21-16-20(3)27(24(18-21)29(7,8)9)32-25(30)14-13-22-15-19(2)26(31)23(17-22)28(4,5)6/h15-18,31H,10-14H2,1-9H3. The summed E-state index contributed by atoms with van der Waals surface area (Å²) in [5, 5.41) is 10.5. The molecular formula is C29H42O3. The van der Waals surface area contributed by atoms with Crippen molar-refractivity contribution in [2.75, 3.05) is 0 Å². The SMILES string of the molecule is CCCCc1cc(C)c(OC(=O)CCc2cc(C)c(O)c(C(C)(C)C)c2)c(C(C)(C)C)c1. The molecule has 176 valence electrons. The molecule has 0 fully saturated rings. The van der Waals surface area contributed by atoms with Crippen LogP contribution in [-0.4, -0.2) is 11.1 Å². The molecule has 2 aromatic rings. The number of hydrogen-bond donors (Lipinski definition) is 1. The summed E-state index contributed by atoms with van der Waals surface area (Å²) in [4.78, 5) is 12.8. The van der Waals surface area contributed by atoms with Crippen LogP contribution in [0.15, 0.2) is 24.3 Å². The van der Waals surface area contributed by atoms with E-state index in [1.165, 1.54) is 5.56 Å². The minimum atomic E-state index is -0.219. The van der Waals surface area contributed by atoms with E-state index in [-0.39, 0.29) is 16.8 Å². The van der Waals surface area contributed by atoms with Gasteiger partial charge in [-0.05, 0) is 71.8 Å². The molecule has 0 amide bonds. The van der Waals surface area contributed by atoms with Gasteiger partial charge in [-0.2, -0.15) is 0 Å². The van der Waals surface area contributed by atoms with Gasteiger partial charge in [0.1, 0.15) is 11.5 Å². The van der Waals surface area contributed by atoms with Gasteiger partial charge in [0.25, 0.3) is 0 Å². The maximum atomic E-state index is 12.8. The molecule has 0 spiro atoms. The minimum Gasteiger partial charge on any atom is -0.507 e. The Bertz CT molecular complexity index is 956. The Morgan fingerprint density at radius 1 is 0.844 bits per heavy atom. The lowest BCUT2D eigenvalue weighted by molar-refractivity contribution is -0.134. The van der Waals surface area contributed by atoms with Gasteiger partial charge in [0.05, 0.1) is 0 Å². The number of hydrogen-bond acceptors (Lipinski definition) is 3. The fraction of sp³-hybridized carbons (Fsp3) is 0.552. The van der Waals surface area contributed by atoms with Gasteiger partial charge in [0.15, 0.2) is 0 Å². The number of benzene rings is 2. The Kier molecular flexibility index (Phi) is 8.20. The molecule has 0 aliphatic rings. The average molecular weight is 439 g/mol. The lowest BCUT2D eigenvalue weighted by Crippen LogP contribution is -2.18. The maximum Gasteiger partial charge on any atom is 0.311 e. The van der Waals surface area contributed by atoms with Crippen LogP contribution in [0.2, 0.25) is 0 Å². The normalized spacial score (nSPS) is 12.2. The summed E-state index contributed by atoms with van der Waals surface area (Å²) < 4.78 is 5.95. The molecular weight excluding hydrogens is 396 g/mol. The smallest absolute Gasteiger partial charge is 0.311 e. The van der Waals surface area contributed by atoms with Gasteiger partial charge in [-0.1, -0.05) is 79.2 Å². The van der Waals surface area contributed by atoms with Crippen LogP contribution in [0.1, 0.15) is 101 Å². The van der Waals surface area contributed by atoms with Crippen LogP contribution in [0.5, 0.6) is 11.5 Å². The fourth-order valence-corrected chi connectivity index (χ4v) is 4.05. The van der Waals surface area contributed by atoms with E-state index in [9.17, 15) is 9.90 Å². The highest BCUT2D eigenvalue weighted by Gasteiger charge is 2.24. The van der Waals surface area contributed by atoms with Gasteiger partial charge in [-0.25, -0.2) is 0 Å². The Morgan fingerprint density at radius 2 is 1.38 bits per heavy atom. The molecule has 0 aromatic heterocycles. The van der Waals surface area contributed by atoms with Crippen LogP contribution in [-0.2, 0) is 28.5 Å². The molecule has 0 aliphatic carbocycles. The molecule has 3 heteroatoms. The first-order valence-electron chi connectivity index (χ1n) is 11.9. The van der Waals surface area contributed by atoms with E-state index >= 15 is 0 Å². The van der Waals surface area contributed by atoms with Crippen molar-refractivity contribution < 1.29 is 14.6 Å². The highest BCUT2D eigenvalue weighted by Crippen LogP contribution is 2.37. The Hall–Kier alpha value is -2.29. The number of carbonyl (C=O) groups is 1. The second-order valence-corrected chi connectivity index (χ2v) is 11.2. The van der Waals surface area contributed by atoms with E-state index in [1.54, 1.807) is 0 Å². The lowest BCUT2D eigenvalue weighted by atomic mass is 9.83. The predicted molar refractivity (Wildman–Crippen MR) is 134 cm³/mol. The third kappa shape index (κ3) is 6.60. The molecule has 32 heavy (non-hydrogen) atoms. The number of unbranched alkanes of at least 4 members (excludes halogenated alkanes) is 1. The number of carbonyl (C=O) groups excluding carboxylic acids is 1. The highest BCUT2D eigenvalue weighted by atomic mass is 16.5. The van der Waals surface area contributed by atoms with Crippen LogP contribution in [0.3, 0.4) is 0 Å². The lowest BCUT2D eigenvalue weighted by Gasteiger charge is -2.25. The van der Waals surface area contributed by atoms with Gasteiger partial charge in [0, 0.05) is 12.0 Å². The predicted octanol–water partition coefficient (Wildman–Crippen LogP) is 7.48. The first kappa shape index (κ1) is 26.0. The number of rotatable bonds is 7. The van der Waals surface area contributed by atoms with Gasteiger partial charge < -0.3 is 9.84 Å². The zero-order valence-electron chi connectivity index (χ0n) is 21.6. The number of aryl methyl sites for hydroxylation is 4. The topological polar surface area (TPSA) is 46.5 Å². The third-order valence-corrected chi connectivity index (χ3v) is 5.96. The summed E-state index contributed by atoms with van der Waals surface area (Å²) in [5.41, 5.74) is 5.94. The number of aromatic hydroxyl groups is 1.